The van der Waals surface area contributed by atoms with Gasteiger partial charge < -0.3 is 72.1 Å². The molecule has 0 radical (unpaired) electrons. The monoisotopic (exact) mass is 754 g/mol. The number of hydrogen-bond donors (Lipinski definition) is 14. The molecule has 0 heterocycles. The number of rotatable bonds is 12. The lowest BCUT2D eigenvalue weighted by Gasteiger charge is -2.42. The van der Waals surface area contributed by atoms with Crippen molar-refractivity contribution in [2.45, 2.75) is 18.4 Å². The van der Waals surface area contributed by atoms with Crippen LogP contribution in [0, 0.1) is 5.92 Å². The molecule has 284 valence electrons. The highest BCUT2D eigenvalue weighted by molar-refractivity contribution is 6.27. The number of Topliss-reactive ketones (excluding diaryl/α,β-unsaturated/α-hetero) is 2. The number of phenols is 12. The molecule has 0 aliphatic heterocycles. The third kappa shape index (κ3) is 6.62. The van der Waals surface area contributed by atoms with Crippen LogP contribution in [0.25, 0.3) is 0 Å². The van der Waals surface area contributed by atoms with E-state index in [2.05, 4.69) is 0 Å². The molecule has 20 heteroatoms. The molecule has 0 spiro atoms. The summed E-state index contributed by atoms with van der Waals surface area (Å²) in [5.74, 6) is -27.2. The van der Waals surface area contributed by atoms with Crippen molar-refractivity contribution in [2.24, 2.45) is 11.7 Å². The molecule has 0 aromatic heterocycles. The van der Waals surface area contributed by atoms with Gasteiger partial charge in [-0.05, 0) is 67.9 Å². The van der Waals surface area contributed by atoms with Gasteiger partial charge in [0.25, 0.3) is 11.8 Å². The van der Waals surface area contributed by atoms with Gasteiger partial charge in [-0.15, -0.1) is 0 Å². The fourth-order valence-corrected chi connectivity index (χ4v) is 5.64. The summed E-state index contributed by atoms with van der Waals surface area (Å²) in [6.45, 7) is -0.373. The third-order valence-electron chi connectivity index (χ3n) is 8.27. The lowest BCUT2D eigenvalue weighted by molar-refractivity contribution is -0.148. The fraction of sp³-hybridized carbons (Fsp3) is 0.147. The number of benzene rings is 4. The zero-order valence-electron chi connectivity index (χ0n) is 27.2. The molecule has 2 amide bonds. The molecule has 2 unspecified atom stereocenters. The van der Waals surface area contributed by atoms with Crippen molar-refractivity contribution >= 4 is 29.4 Å². The van der Waals surface area contributed by atoms with Gasteiger partial charge in [0.15, 0.2) is 74.8 Å². The van der Waals surface area contributed by atoms with Crippen LogP contribution in [0.5, 0.6) is 69.0 Å². The zero-order chi connectivity index (χ0) is 40.6. The highest BCUT2D eigenvalue weighted by atomic mass is 16.4. The van der Waals surface area contributed by atoms with Gasteiger partial charge in [-0.2, -0.15) is 0 Å². The fourth-order valence-electron chi connectivity index (χ4n) is 5.64. The number of carboxylic acids is 1. The normalized spacial score (nSPS) is 12.7. The number of nitrogens with zero attached hydrogens (tertiary/aromatic N) is 1. The average molecular weight is 755 g/mol. The van der Waals surface area contributed by atoms with E-state index in [-0.39, 0.29) is 6.54 Å². The van der Waals surface area contributed by atoms with Gasteiger partial charge in [0.1, 0.15) is 0 Å². The van der Waals surface area contributed by atoms with Crippen LogP contribution in [-0.4, -0.2) is 113 Å². The van der Waals surface area contributed by atoms with Crippen LogP contribution >= 0.6 is 0 Å². The van der Waals surface area contributed by atoms with Gasteiger partial charge in [-0.3, -0.25) is 19.2 Å². The van der Waals surface area contributed by atoms with E-state index in [0.29, 0.717) is 48.5 Å². The molecule has 0 bridgehead atoms. The second-order valence-electron chi connectivity index (χ2n) is 11.6. The van der Waals surface area contributed by atoms with E-state index in [4.69, 9.17) is 5.73 Å². The quantitative estimate of drug-likeness (QED) is 0.0420. The van der Waals surface area contributed by atoms with Gasteiger partial charge in [0.05, 0.1) is 5.92 Å². The van der Waals surface area contributed by atoms with Crippen LogP contribution in [0.4, 0.5) is 0 Å². The number of aliphatic carboxylic acids is 1. The number of nitrogens with two attached hydrogens (primary N) is 1. The molecule has 0 fully saturated rings. The summed E-state index contributed by atoms with van der Waals surface area (Å²) in [4.78, 5) is 72.1. The minimum absolute atomic E-state index is 0.373. The molecule has 2 atom stereocenters. The average Bonchev–Trinajstić information content (AvgIpc) is 3.11. The van der Waals surface area contributed by atoms with Crippen molar-refractivity contribution < 1.29 is 90.4 Å². The van der Waals surface area contributed by atoms with Crippen LogP contribution in [0.15, 0.2) is 48.5 Å². The first-order valence-electron chi connectivity index (χ1n) is 15.1. The van der Waals surface area contributed by atoms with Crippen molar-refractivity contribution in [3.8, 4) is 69.0 Å². The van der Waals surface area contributed by atoms with E-state index in [9.17, 15) is 90.4 Å². The number of phenolic OH excluding ortho intramolecular Hbond substituents is 12. The SMILES string of the molecule is NCCCC(C(=O)c1cc(O)c(O)c(O)c1)C(C(=O)O)(C(=O)c1cc(O)c(O)c(O)c1)N(C(=O)c1cc(O)c(O)c(O)c1)C(=O)c1cc(O)c(O)c(O)c1. The highest BCUT2D eigenvalue weighted by Gasteiger charge is 2.63. The molecule has 0 saturated carbocycles. The van der Waals surface area contributed by atoms with Gasteiger partial charge in [0.2, 0.25) is 11.3 Å². The highest BCUT2D eigenvalue weighted by Crippen LogP contribution is 2.45. The minimum Gasteiger partial charge on any atom is -0.504 e. The lowest BCUT2D eigenvalue weighted by Crippen LogP contribution is -2.69. The maximum atomic E-state index is 14.9. The van der Waals surface area contributed by atoms with Crippen molar-refractivity contribution in [3.05, 3.63) is 70.8 Å². The maximum absolute atomic E-state index is 14.9. The Hall–Kier alpha value is -7.61. The van der Waals surface area contributed by atoms with Crippen LogP contribution in [0.3, 0.4) is 0 Å². The number of hydrogen-bond acceptors (Lipinski definition) is 18. The van der Waals surface area contributed by atoms with Crippen molar-refractivity contribution in [3.63, 3.8) is 0 Å². The predicted octanol–water partition coefficient (Wildman–Crippen LogP) is 1.38. The van der Waals surface area contributed by atoms with Crippen molar-refractivity contribution in [1.82, 2.24) is 4.90 Å². The smallest absolute Gasteiger partial charge is 0.339 e. The molecule has 0 aliphatic rings. The van der Waals surface area contributed by atoms with E-state index in [0.717, 1.165) is 0 Å². The zero-order valence-corrected chi connectivity index (χ0v) is 27.2. The molecule has 4 aromatic rings. The van der Waals surface area contributed by atoms with Crippen LogP contribution in [-0.2, 0) is 4.79 Å². The molecule has 20 nitrogen and oxygen atoms in total. The summed E-state index contributed by atoms with van der Waals surface area (Å²) in [5.41, 5.74) is -2.45. The number of carbonyl (C=O) groups is 5. The summed E-state index contributed by atoms with van der Waals surface area (Å²) >= 11 is 0. The number of amides is 2. The topological polar surface area (TPSA) is 378 Å². The van der Waals surface area contributed by atoms with E-state index in [1.807, 2.05) is 0 Å². The lowest BCUT2D eigenvalue weighted by atomic mass is 9.70. The summed E-state index contributed by atoms with van der Waals surface area (Å²) in [7, 11) is 0. The van der Waals surface area contributed by atoms with E-state index in [1.165, 1.54) is 0 Å². The Morgan fingerprint density at radius 3 is 1.11 bits per heavy atom. The number of carbonyl (C=O) groups excluding carboxylic acids is 4. The van der Waals surface area contributed by atoms with E-state index in [1.54, 1.807) is 0 Å². The van der Waals surface area contributed by atoms with Gasteiger partial charge in [-0.25, -0.2) is 9.69 Å². The second kappa shape index (κ2) is 14.6. The van der Waals surface area contributed by atoms with Crippen LogP contribution < -0.4 is 5.73 Å². The van der Waals surface area contributed by atoms with Crippen LogP contribution in [0.1, 0.15) is 54.3 Å². The minimum atomic E-state index is -4.02. The summed E-state index contributed by atoms with van der Waals surface area (Å²) in [6.07, 6.45) is -1.28. The molecule has 4 aromatic carbocycles. The first-order chi connectivity index (χ1) is 25.2. The number of ketones is 2. The standard InChI is InChI=1S/C34H30N2O18/c35-3-1-2-16(25(45)12-4-17(37)26(46)18(38)5-12)34(33(53)54,30(50)13-6-19(39)27(47)20(40)7-13)36(31(51)14-8-21(41)28(48)22(42)9-14)32(52)15-10-23(43)29(49)24(44)11-15/h4-11,16,37-44,46-49H,1-3,35H2,(H,53,54). The first kappa shape index (κ1) is 39.2. The maximum Gasteiger partial charge on any atom is 0.339 e. The molecule has 15 N–H and O–H groups in total. The Morgan fingerprint density at radius 1 is 0.519 bits per heavy atom. The molecular formula is C34H30N2O18. The van der Waals surface area contributed by atoms with E-state index >= 15 is 0 Å². The van der Waals surface area contributed by atoms with Gasteiger partial charge in [0, 0.05) is 22.3 Å². The van der Waals surface area contributed by atoms with E-state index < -0.39 is 150 Å². The van der Waals surface area contributed by atoms with Crippen molar-refractivity contribution in [2.75, 3.05) is 6.54 Å². The van der Waals surface area contributed by atoms with Crippen LogP contribution in [0.2, 0.25) is 0 Å². The Kier molecular flexibility index (Phi) is 10.6. The van der Waals surface area contributed by atoms with Gasteiger partial charge in [-0.1, -0.05) is 0 Å². The second-order valence-corrected chi connectivity index (χ2v) is 11.6. The number of carboxylic acid groups (broad SMARTS) is 1. The number of imide groups is 1. The Bertz CT molecular complexity index is 2070. The summed E-state index contributed by atoms with van der Waals surface area (Å²) < 4.78 is 0. The third-order valence-corrected chi connectivity index (χ3v) is 8.27. The Labute approximate surface area is 300 Å². The first-order valence-corrected chi connectivity index (χ1v) is 15.1. The Balaban J connectivity index is 2.26. The predicted molar refractivity (Wildman–Crippen MR) is 177 cm³/mol. The van der Waals surface area contributed by atoms with Crippen molar-refractivity contribution in [1.29, 1.82) is 0 Å². The molecule has 4 rings (SSSR count). The molecule has 0 saturated heterocycles. The van der Waals surface area contributed by atoms with Gasteiger partial charge >= 0.3 is 5.97 Å². The molecular weight excluding hydrogens is 724 g/mol. The number of aromatic hydroxyl groups is 12. The molecule has 0 aliphatic carbocycles. The molecule has 54 heavy (non-hydrogen) atoms. The summed E-state index contributed by atoms with van der Waals surface area (Å²) in [5, 5.41) is 133. The summed E-state index contributed by atoms with van der Waals surface area (Å²) in [6, 6.07) is 3.36. The largest absolute Gasteiger partial charge is 0.504 e. The Morgan fingerprint density at radius 2 is 0.815 bits per heavy atom.